The Morgan fingerprint density at radius 2 is 0.871 bits per heavy atom. The minimum absolute atomic E-state index is 0. The molecular formula is C74H123Cl3O37P2. The van der Waals surface area contributed by atoms with Crippen molar-refractivity contribution in [1.29, 1.82) is 0 Å². The van der Waals surface area contributed by atoms with Gasteiger partial charge in [0.05, 0.1) is 83.4 Å². The number of carbonyl (C=O) groups is 8. The number of aliphatic hydroxyl groups excluding tert-OH is 4. The number of ketones is 2. The van der Waals surface area contributed by atoms with Gasteiger partial charge in [0.25, 0.3) is 0 Å². The summed E-state index contributed by atoms with van der Waals surface area (Å²) in [5.41, 5.74) is -5.93. The van der Waals surface area contributed by atoms with Gasteiger partial charge in [0.2, 0.25) is 0 Å². The SMILES string of the molecule is C.C.CCC1(CC)O[C@@H]2CC(C(=O)OC)=CC(=O)[C@@H]2O1.CCC1(CC)O[C@@H]2C[C@@](O)(C(=O)OC)CC(=O)[C@@H]2O1.CCC1(CC)O[C@H]2[C@@H](C)C=C(C(=O)OC)C[C@H]2O1.CCC1(CC)O[C@H]2[C@H](O)C[C@](O)(C(=O)OC)C[C@H]2O1.CCC1(CC)O[C@H]2[C@H]3C[C@@](O)(C[C@H]2O1)C(=O)O3.O=C(O)C1(O)C[C@@H](O)C(O)[C@H](O)C1.O=P(Cl)(Cl)Cl.O=[P+]([O-])OO.[HH]. The highest BCUT2D eigenvalue weighted by molar-refractivity contribution is 8.24. The van der Waals surface area contributed by atoms with Gasteiger partial charge in [-0.2, -0.15) is 0 Å². The van der Waals surface area contributed by atoms with Crippen LogP contribution in [0, 0.1) is 5.92 Å². The van der Waals surface area contributed by atoms with E-state index in [0.29, 0.717) is 68.9 Å². The molecule has 10 fully saturated rings. The zero-order chi connectivity index (χ0) is 86.5. The zero-order valence-corrected chi connectivity index (χ0v) is 70.6. The lowest BCUT2D eigenvalue weighted by Gasteiger charge is -2.37. The first-order valence-electron chi connectivity index (χ1n) is 37.8. The maximum absolute atomic E-state index is 12.1. The molecule has 0 aromatic rings. The second-order valence-corrected chi connectivity index (χ2v) is 36.8. The summed E-state index contributed by atoms with van der Waals surface area (Å²) in [4.78, 5) is 101. The number of halogens is 3. The highest BCUT2D eigenvalue weighted by Crippen LogP contribution is 2.61. The number of rotatable bonds is 16. The second kappa shape index (κ2) is 43.9. The molecule has 0 radical (unpaired) electrons. The van der Waals surface area contributed by atoms with E-state index in [2.05, 4.69) is 73.4 Å². The molecule has 6 heterocycles. The molecule has 0 aromatic carbocycles. The maximum Gasteiger partial charge on any atom is 0.521 e. The highest BCUT2D eigenvalue weighted by atomic mass is 36.0. The van der Waals surface area contributed by atoms with Gasteiger partial charge in [-0.15, -0.1) is 0 Å². The van der Waals surface area contributed by atoms with Gasteiger partial charge in [0.15, 0.2) is 62.9 Å². The zero-order valence-electron chi connectivity index (χ0n) is 66.6. The molecule has 2 bridgehead atoms. The van der Waals surface area contributed by atoms with Crippen molar-refractivity contribution in [2.24, 2.45) is 5.92 Å². The minimum Gasteiger partial charge on any atom is -0.565 e. The van der Waals surface area contributed by atoms with Crippen LogP contribution in [0.2, 0.25) is 0 Å². The molecule has 6 saturated heterocycles. The first-order chi connectivity index (χ1) is 53.0. The summed E-state index contributed by atoms with van der Waals surface area (Å²) >= 11 is 13.8. The van der Waals surface area contributed by atoms with E-state index in [1.54, 1.807) is 0 Å². The summed E-state index contributed by atoms with van der Waals surface area (Å²) in [6.45, 7) is 21.9. The van der Waals surface area contributed by atoms with Crippen LogP contribution < -0.4 is 4.89 Å². The standard InChI is InChI=1S/C14H22O4.C13H22O6.C13H20O6.C13H18O5.C12H18O5.C7H12O6.2CH4.Cl3OP.HO4P.H2/c1-5-14(6-2)17-11-8-10(13(15)16-4)7-9(3)12(11)18-14;2*1-4-13(5-2)18-9-7-12(16,11(15)17-3)6-8(14)10(9)19-13;1-4-13(5-2)17-10-7-8(12(15)16-3)6-9(14)11(10)18-13;1-3-12(4-2)16-8-6-11(14)5-7(9(8)17-12)15-10(11)13;8-3-1-7(13,6(11)12)2-4(9)5(3)10;;;1-5(2,3)4;1-4-5(2)3;/h7,9,11-12H,5-6,8H2,1-4H3;8-10,14,16H,4-7H2,1-3H3;9-10,16H,4-7H2,1-3H3;6,10-11H,4-5,7H2,1-3H3;7-9,14H,3-6H2,1-2H3;3-5,8-10,13H,1-2H2,(H,11,12);2*1H4;;1H;1H/t9-,11+,12-;8-,9-,10+,12-;9-,10+,12-;10-,11+;7-,8-,9+,11-;3-,4-,5?,7?;;;;;/m011111...../s1. The molecule has 6 aliphatic carbocycles. The summed E-state index contributed by atoms with van der Waals surface area (Å²) in [6.07, 6.45) is 1.53. The van der Waals surface area contributed by atoms with Crippen LogP contribution in [0.25, 0.3) is 0 Å². The molecule has 6 aliphatic heterocycles. The average molecular weight is 1770 g/mol. The number of aliphatic carboxylic acids is 1. The molecule has 12 rings (SSSR count). The molecule has 12 aliphatic rings. The van der Waals surface area contributed by atoms with Gasteiger partial charge in [-0.3, -0.25) is 14.2 Å². The molecule has 19 atom stereocenters. The Balaban J connectivity index is 0.000000464. The molecule has 42 heteroatoms. The summed E-state index contributed by atoms with van der Waals surface area (Å²) in [5.74, 6) is -7.88. The van der Waals surface area contributed by atoms with Crippen LogP contribution in [-0.2, 0) is 123 Å². The quantitative estimate of drug-likeness (QED) is 0.0246. The number of hydrogen-bond donors (Lipinski definition) is 10. The van der Waals surface area contributed by atoms with Crippen LogP contribution >= 0.6 is 47.2 Å². The van der Waals surface area contributed by atoms with E-state index in [-0.39, 0.29) is 108 Å². The molecule has 0 spiro atoms. The molecular weight excluding hydrogens is 1650 g/mol. The molecule has 672 valence electrons. The number of ether oxygens (including phenoxy) is 15. The molecule has 116 heavy (non-hydrogen) atoms. The predicted molar refractivity (Wildman–Crippen MR) is 408 cm³/mol. The van der Waals surface area contributed by atoms with Crippen molar-refractivity contribution in [1.82, 2.24) is 0 Å². The second-order valence-electron chi connectivity index (χ2n) is 29.5. The molecule has 4 saturated carbocycles. The molecule has 37 nitrogen and oxygen atoms in total. The number of aliphatic hydroxyl groups is 8. The number of carboxylic acid groups (broad SMARTS) is 1. The van der Waals surface area contributed by atoms with E-state index >= 15 is 0 Å². The summed E-state index contributed by atoms with van der Waals surface area (Å²) < 4.78 is 104. The third-order valence-electron chi connectivity index (χ3n) is 22.4. The van der Waals surface area contributed by atoms with E-state index in [0.717, 1.165) is 25.7 Å². The van der Waals surface area contributed by atoms with E-state index in [9.17, 15) is 68.5 Å². The van der Waals surface area contributed by atoms with Crippen molar-refractivity contribution in [3.63, 3.8) is 0 Å². The lowest BCUT2D eigenvalue weighted by atomic mass is 9.80. The van der Waals surface area contributed by atoms with Crippen molar-refractivity contribution in [2.45, 2.75) is 362 Å². The average Bonchev–Trinajstić information content (AvgIpc) is 1.59. The Morgan fingerprint density at radius 3 is 1.31 bits per heavy atom. The van der Waals surface area contributed by atoms with Gasteiger partial charge in [-0.1, -0.05) is 97.1 Å². The van der Waals surface area contributed by atoms with Crippen molar-refractivity contribution in [3.05, 3.63) is 23.3 Å². The highest BCUT2D eigenvalue weighted by Gasteiger charge is 2.65. The Hall–Kier alpha value is -4.00. The van der Waals surface area contributed by atoms with Gasteiger partial charge in [-0.05, 0) is 109 Å². The van der Waals surface area contributed by atoms with Gasteiger partial charge in [0.1, 0.15) is 36.6 Å². The Kier molecular flexibility index (Phi) is 40.1. The topological polar surface area (TPSA) is 544 Å². The minimum atomic E-state index is -3.22. The monoisotopic (exact) mass is 1770 g/mol. The van der Waals surface area contributed by atoms with Crippen molar-refractivity contribution >= 4 is 94.6 Å². The van der Waals surface area contributed by atoms with Crippen molar-refractivity contribution in [3.8, 4) is 0 Å². The number of methoxy groups -OCH3 is 4. The van der Waals surface area contributed by atoms with Crippen LogP contribution in [-0.4, -0.2) is 270 Å². The summed E-state index contributed by atoms with van der Waals surface area (Å²) in [7, 11) is 2.07. The largest absolute Gasteiger partial charge is 0.565 e. The number of esters is 5. The van der Waals surface area contributed by atoms with E-state index in [1.807, 2.05) is 61.5 Å². The van der Waals surface area contributed by atoms with Crippen LogP contribution in [0.4, 0.5) is 0 Å². The number of carbonyl (C=O) groups excluding carboxylic acids is 7. The first-order valence-corrected chi connectivity index (χ1v) is 43.4. The van der Waals surface area contributed by atoms with Crippen LogP contribution in [0.1, 0.15) is 221 Å². The van der Waals surface area contributed by atoms with Gasteiger partial charge >= 0.3 is 49.3 Å². The fourth-order valence-corrected chi connectivity index (χ4v) is 15.7. The van der Waals surface area contributed by atoms with Crippen molar-refractivity contribution in [2.75, 3.05) is 28.4 Å². The van der Waals surface area contributed by atoms with Gasteiger partial charge < -0.3 is 122 Å². The Labute approximate surface area is 692 Å². The first kappa shape index (κ1) is 106. The predicted octanol–water partition coefficient (Wildman–Crippen LogP) is 6.92. The summed E-state index contributed by atoms with van der Waals surface area (Å²) in [6, 6.07) is 0. The third-order valence-corrected chi connectivity index (χ3v) is 22.5. The van der Waals surface area contributed by atoms with Crippen molar-refractivity contribution < 1.29 is 181 Å². The fourth-order valence-electron chi connectivity index (χ4n) is 15.7. The fraction of sp³-hybridized carbons (Fsp3) is 0.838. The number of Topliss-reactive ketones (excluding diaryl/α,β-unsaturated/α-hetero) is 1. The third kappa shape index (κ3) is 25.6. The number of carboxylic acids is 1. The maximum atomic E-state index is 12.1. The van der Waals surface area contributed by atoms with Gasteiger partial charge in [-0.25, -0.2) is 34.0 Å². The van der Waals surface area contributed by atoms with E-state index in [4.69, 9.17) is 92.0 Å². The summed E-state index contributed by atoms with van der Waals surface area (Å²) in [5, 5.41) is 89.8. The molecule has 10 N–H and O–H groups in total. The van der Waals surface area contributed by atoms with E-state index in [1.165, 1.54) is 34.5 Å². The molecule has 0 aromatic heterocycles. The smallest absolute Gasteiger partial charge is 0.521 e. The molecule has 1 unspecified atom stereocenters. The number of fused-ring (bicyclic) bond motifs is 8. The lowest BCUT2D eigenvalue weighted by molar-refractivity contribution is -0.244. The Morgan fingerprint density at radius 1 is 0.509 bits per heavy atom. The van der Waals surface area contributed by atoms with Gasteiger partial charge in [0, 0.05) is 87.4 Å². The normalized spacial score (nSPS) is 35.6. The lowest BCUT2D eigenvalue weighted by Crippen LogP contribution is -2.56. The van der Waals surface area contributed by atoms with Crippen LogP contribution in [0.3, 0.4) is 0 Å². The van der Waals surface area contributed by atoms with E-state index < -0.39 is 162 Å². The molecule has 0 amide bonds. The Bertz CT molecular complexity index is 3420. The van der Waals surface area contributed by atoms with Crippen LogP contribution in [0.5, 0.6) is 0 Å². The number of hydrogen-bond acceptors (Lipinski definition) is 36. The van der Waals surface area contributed by atoms with Crippen LogP contribution in [0.15, 0.2) is 23.3 Å².